The summed E-state index contributed by atoms with van der Waals surface area (Å²) in [6, 6.07) is 1.19. The molecule has 0 bridgehead atoms. The standard InChI is InChI=1S/C9H13NO3S/c1-6(2)7-5-10-9(4-8(7)11)14(3,12)13/h4-6H,1-3H3,(H,10,11). The number of aromatic nitrogens is 1. The predicted molar refractivity (Wildman–Crippen MR) is 53.1 cm³/mol. The summed E-state index contributed by atoms with van der Waals surface area (Å²) in [6.07, 6.45) is 2.46. The number of sulfone groups is 1. The van der Waals surface area contributed by atoms with Crippen LogP contribution >= 0.6 is 0 Å². The lowest BCUT2D eigenvalue weighted by atomic mass is 10.1. The van der Waals surface area contributed by atoms with Crippen molar-refractivity contribution in [2.24, 2.45) is 0 Å². The Kier molecular flexibility index (Phi) is 2.80. The van der Waals surface area contributed by atoms with Crippen molar-refractivity contribution in [2.75, 3.05) is 6.26 Å². The Morgan fingerprint density at radius 1 is 1.43 bits per heavy atom. The van der Waals surface area contributed by atoms with E-state index in [0.29, 0.717) is 5.56 Å². The van der Waals surface area contributed by atoms with Gasteiger partial charge in [0, 0.05) is 24.1 Å². The van der Waals surface area contributed by atoms with E-state index in [1.54, 1.807) is 0 Å². The number of hydrogen-bond donors (Lipinski definition) is 1. The zero-order valence-corrected chi connectivity index (χ0v) is 9.17. The van der Waals surface area contributed by atoms with Crippen LogP contribution in [0.3, 0.4) is 0 Å². The third kappa shape index (κ3) is 2.23. The van der Waals surface area contributed by atoms with Crippen LogP contribution in [0.2, 0.25) is 0 Å². The molecule has 1 N–H and O–H groups in total. The van der Waals surface area contributed by atoms with Gasteiger partial charge in [0.15, 0.2) is 14.9 Å². The minimum Gasteiger partial charge on any atom is -0.508 e. The second kappa shape index (κ2) is 3.57. The predicted octanol–water partition coefficient (Wildman–Crippen LogP) is 1.31. The third-order valence-corrected chi connectivity index (χ3v) is 2.87. The van der Waals surface area contributed by atoms with Crippen molar-refractivity contribution < 1.29 is 13.5 Å². The minimum absolute atomic E-state index is 0.0181. The normalized spacial score (nSPS) is 12.0. The van der Waals surface area contributed by atoms with Crippen molar-refractivity contribution in [2.45, 2.75) is 24.8 Å². The van der Waals surface area contributed by atoms with Crippen molar-refractivity contribution in [3.63, 3.8) is 0 Å². The lowest BCUT2D eigenvalue weighted by Crippen LogP contribution is -2.01. The van der Waals surface area contributed by atoms with Crippen LogP contribution < -0.4 is 0 Å². The second-order valence-corrected chi connectivity index (χ2v) is 5.47. The maximum absolute atomic E-state index is 11.1. The quantitative estimate of drug-likeness (QED) is 0.807. The fourth-order valence-electron chi connectivity index (χ4n) is 1.08. The first-order chi connectivity index (χ1) is 6.32. The molecular weight excluding hydrogens is 202 g/mol. The van der Waals surface area contributed by atoms with E-state index in [2.05, 4.69) is 4.98 Å². The number of pyridine rings is 1. The Balaban J connectivity index is 3.27. The monoisotopic (exact) mass is 215 g/mol. The summed E-state index contributed by atoms with van der Waals surface area (Å²) in [5.74, 6) is 0.103. The number of aromatic hydroxyl groups is 1. The average molecular weight is 215 g/mol. The Hall–Kier alpha value is -1.10. The molecule has 0 aromatic carbocycles. The molecule has 0 saturated carbocycles. The maximum atomic E-state index is 11.1. The van der Waals surface area contributed by atoms with Gasteiger partial charge in [-0.3, -0.25) is 0 Å². The first-order valence-corrected chi connectivity index (χ1v) is 6.10. The summed E-state index contributed by atoms with van der Waals surface area (Å²) in [5, 5.41) is 9.42. The smallest absolute Gasteiger partial charge is 0.192 e. The lowest BCUT2D eigenvalue weighted by Gasteiger charge is -2.08. The molecule has 78 valence electrons. The largest absolute Gasteiger partial charge is 0.508 e. The molecule has 4 nitrogen and oxygen atoms in total. The number of nitrogens with zero attached hydrogens (tertiary/aromatic N) is 1. The summed E-state index contributed by atoms with van der Waals surface area (Å²) in [6.45, 7) is 3.80. The maximum Gasteiger partial charge on any atom is 0.192 e. The van der Waals surface area contributed by atoms with Crippen LogP contribution in [0.5, 0.6) is 5.75 Å². The van der Waals surface area contributed by atoms with Crippen molar-refractivity contribution in [3.05, 3.63) is 17.8 Å². The lowest BCUT2D eigenvalue weighted by molar-refractivity contribution is 0.460. The van der Waals surface area contributed by atoms with E-state index in [1.807, 2.05) is 13.8 Å². The summed E-state index contributed by atoms with van der Waals surface area (Å²) in [5.41, 5.74) is 0.650. The Morgan fingerprint density at radius 2 is 2.00 bits per heavy atom. The van der Waals surface area contributed by atoms with Crippen LogP contribution in [0, 0.1) is 0 Å². The van der Waals surface area contributed by atoms with Gasteiger partial charge >= 0.3 is 0 Å². The van der Waals surface area contributed by atoms with E-state index in [1.165, 1.54) is 12.3 Å². The summed E-state index contributed by atoms with van der Waals surface area (Å²) < 4.78 is 22.2. The van der Waals surface area contributed by atoms with Gasteiger partial charge < -0.3 is 5.11 Å². The zero-order valence-electron chi connectivity index (χ0n) is 8.35. The topological polar surface area (TPSA) is 67.3 Å². The molecule has 14 heavy (non-hydrogen) atoms. The Morgan fingerprint density at radius 3 is 2.36 bits per heavy atom. The van der Waals surface area contributed by atoms with E-state index in [9.17, 15) is 13.5 Å². The first-order valence-electron chi connectivity index (χ1n) is 4.21. The van der Waals surface area contributed by atoms with Gasteiger partial charge in [0.05, 0.1) is 0 Å². The summed E-state index contributed by atoms with van der Waals surface area (Å²) in [7, 11) is -3.34. The average Bonchev–Trinajstić information content (AvgIpc) is 2.01. The fraction of sp³-hybridized carbons (Fsp3) is 0.444. The molecule has 0 aliphatic heterocycles. The molecule has 5 heteroatoms. The molecule has 0 unspecified atom stereocenters. The summed E-state index contributed by atoms with van der Waals surface area (Å²) in [4.78, 5) is 3.78. The molecule has 0 atom stereocenters. The molecule has 0 radical (unpaired) electrons. The van der Waals surface area contributed by atoms with Gasteiger partial charge in [-0.05, 0) is 5.92 Å². The third-order valence-electron chi connectivity index (χ3n) is 1.89. The number of rotatable bonds is 2. The van der Waals surface area contributed by atoms with Gasteiger partial charge in [0.1, 0.15) is 5.75 Å². The van der Waals surface area contributed by atoms with Crippen molar-refractivity contribution in [3.8, 4) is 5.75 Å². The highest BCUT2D eigenvalue weighted by atomic mass is 32.2. The van der Waals surface area contributed by atoms with Crippen molar-refractivity contribution in [1.82, 2.24) is 4.98 Å². The highest BCUT2D eigenvalue weighted by Gasteiger charge is 2.13. The SMILES string of the molecule is CC(C)c1cnc(S(C)(=O)=O)cc1O. The van der Waals surface area contributed by atoms with Gasteiger partial charge in [-0.2, -0.15) is 0 Å². The summed E-state index contributed by atoms with van der Waals surface area (Å²) >= 11 is 0. The van der Waals surface area contributed by atoms with Gasteiger partial charge in [0.25, 0.3) is 0 Å². The van der Waals surface area contributed by atoms with Gasteiger partial charge in [-0.25, -0.2) is 13.4 Å². The molecule has 1 rings (SSSR count). The van der Waals surface area contributed by atoms with Crippen molar-refractivity contribution >= 4 is 9.84 Å². The minimum atomic E-state index is -3.34. The van der Waals surface area contributed by atoms with Crippen LogP contribution in [0.15, 0.2) is 17.3 Å². The highest BCUT2D eigenvalue weighted by Crippen LogP contribution is 2.25. The van der Waals surface area contributed by atoms with Crippen LogP contribution in [-0.2, 0) is 9.84 Å². The first kappa shape index (κ1) is 11.0. The van der Waals surface area contributed by atoms with Crippen LogP contribution in [0.1, 0.15) is 25.3 Å². The number of hydrogen-bond acceptors (Lipinski definition) is 4. The molecule has 1 aromatic heterocycles. The van der Waals surface area contributed by atoms with Crippen LogP contribution in [-0.4, -0.2) is 24.8 Å². The molecule has 0 amide bonds. The molecule has 0 aliphatic rings. The highest BCUT2D eigenvalue weighted by molar-refractivity contribution is 7.90. The van der Waals surface area contributed by atoms with E-state index < -0.39 is 9.84 Å². The zero-order chi connectivity index (χ0) is 10.9. The van der Waals surface area contributed by atoms with E-state index in [4.69, 9.17) is 0 Å². The molecular formula is C9H13NO3S. The fourth-order valence-corrected chi connectivity index (χ4v) is 1.65. The Bertz CT molecular complexity index is 437. The molecule has 1 aromatic rings. The van der Waals surface area contributed by atoms with Gasteiger partial charge in [-0.1, -0.05) is 13.8 Å². The second-order valence-electron chi connectivity index (χ2n) is 3.51. The molecule has 1 heterocycles. The van der Waals surface area contributed by atoms with Gasteiger partial charge in [-0.15, -0.1) is 0 Å². The van der Waals surface area contributed by atoms with Crippen LogP contribution in [0.25, 0.3) is 0 Å². The molecule has 0 spiro atoms. The van der Waals surface area contributed by atoms with E-state index in [-0.39, 0.29) is 16.7 Å². The Labute approximate surface area is 83.5 Å². The van der Waals surface area contributed by atoms with Crippen LogP contribution in [0.4, 0.5) is 0 Å². The van der Waals surface area contributed by atoms with E-state index >= 15 is 0 Å². The van der Waals surface area contributed by atoms with Gasteiger partial charge in [0.2, 0.25) is 0 Å². The van der Waals surface area contributed by atoms with E-state index in [0.717, 1.165) is 6.26 Å². The molecule has 0 saturated heterocycles. The molecule has 0 aliphatic carbocycles. The molecule has 0 fully saturated rings. The van der Waals surface area contributed by atoms with Crippen molar-refractivity contribution in [1.29, 1.82) is 0 Å².